The first kappa shape index (κ1) is 8.21. The van der Waals surface area contributed by atoms with Crippen molar-refractivity contribution in [3.05, 3.63) is 0 Å². The minimum atomic E-state index is -0.281. The lowest BCUT2D eigenvalue weighted by molar-refractivity contribution is -0.204. The lowest BCUT2D eigenvalue weighted by Crippen LogP contribution is -2.41. The van der Waals surface area contributed by atoms with Crippen LogP contribution in [0.15, 0.2) is 0 Å². The summed E-state index contributed by atoms with van der Waals surface area (Å²) in [5.41, 5.74) is 0. The first-order valence-corrected chi connectivity index (χ1v) is 5.23. The highest BCUT2D eigenvalue weighted by molar-refractivity contribution is 5.02. The van der Waals surface area contributed by atoms with Gasteiger partial charge >= 0.3 is 0 Å². The van der Waals surface area contributed by atoms with Crippen LogP contribution in [-0.2, 0) is 9.47 Å². The molecule has 3 atom stereocenters. The number of aliphatic hydroxyl groups is 1. The number of aliphatic hydroxyl groups excluding tert-OH is 1. The molecule has 1 heterocycles. The summed E-state index contributed by atoms with van der Waals surface area (Å²) in [6, 6.07) is 0. The molecule has 0 aromatic heterocycles. The van der Waals surface area contributed by atoms with Crippen molar-refractivity contribution in [2.24, 2.45) is 17.8 Å². The Morgan fingerprint density at radius 1 is 1.23 bits per heavy atom. The molecule has 3 aliphatic rings. The second kappa shape index (κ2) is 2.69. The Balaban J connectivity index is 1.84. The SMILES string of the molecule is OCC1CC2CC1C1(C2)OCCO1. The van der Waals surface area contributed by atoms with Gasteiger partial charge in [0.25, 0.3) is 0 Å². The van der Waals surface area contributed by atoms with Gasteiger partial charge in [-0.15, -0.1) is 0 Å². The fraction of sp³-hybridized carbons (Fsp3) is 1.00. The fourth-order valence-corrected chi connectivity index (χ4v) is 3.50. The molecule has 3 heteroatoms. The summed E-state index contributed by atoms with van der Waals surface area (Å²) in [4.78, 5) is 0. The van der Waals surface area contributed by atoms with Gasteiger partial charge in [0, 0.05) is 18.9 Å². The number of ether oxygens (including phenoxy) is 2. The van der Waals surface area contributed by atoms with E-state index in [0.29, 0.717) is 18.4 Å². The van der Waals surface area contributed by atoms with E-state index in [1.54, 1.807) is 0 Å². The van der Waals surface area contributed by atoms with Crippen LogP contribution in [0.4, 0.5) is 0 Å². The molecule has 2 aliphatic carbocycles. The van der Waals surface area contributed by atoms with Crippen LogP contribution in [0.25, 0.3) is 0 Å². The van der Waals surface area contributed by atoms with Crippen LogP contribution in [-0.4, -0.2) is 30.7 Å². The molecule has 1 N–H and O–H groups in total. The van der Waals surface area contributed by atoms with Crippen molar-refractivity contribution in [1.82, 2.24) is 0 Å². The number of fused-ring (bicyclic) bond motifs is 3. The van der Waals surface area contributed by atoms with E-state index in [2.05, 4.69) is 0 Å². The summed E-state index contributed by atoms with van der Waals surface area (Å²) >= 11 is 0. The van der Waals surface area contributed by atoms with Crippen molar-refractivity contribution in [3.63, 3.8) is 0 Å². The zero-order valence-corrected chi connectivity index (χ0v) is 7.74. The third kappa shape index (κ3) is 1.01. The van der Waals surface area contributed by atoms with Crippen molar-refractivity contribution >= 4 is 0 Å². The zero-order chi connectivity index (χ0) is 8.89. The van der Waals surface area contributed by atoms with Crippen molar-refractivity contribution < 1.29 is 14.6 Å². The Hall–Kier alpha value is -0.120. The minimum Gasteiger partial charge on any atom is -0.396 e. The van der Waals surface area contributed by atoms with Gasteiger partial charge < -0.3 is 14.6 Å². The first-order valence-electron chi connectivity index (χ1n) is 5.23. The Morgan fingerprint density at radius 3 is 2.62 bits per heavy atom. The topological polar surface area (TPSA) is 38.7 Å². The summed E-state index contributed by atoms with van der Waals surface area (Å²) in [5.74, 6) is 1.35. The van der Waals surface area contributed by atoms with Crippen LogP contribution in [0.3, 0.4) is 0 Å². The highest BCUT2D eigenvalue weighted by Crippen LogP contribution is 2.56. The molecule has 3 unspecified atom stereocenters. The molecule has 1 aliphatic heterocycles. The Kier molecular flexibility index (Phi) is 1.70. The van der Waals surface area contributed by atoms with Crippen LogP contribution in [0.5, 0.6) is 0 Å². The van der Waals surface area contributed by atoms with Crippen LogP contribution in [0, 0.1) is 17.8 Å². The molecule has 13 heavy (non-hydrogen) atoms. The summed E-state index contributed by atoms with van der Waals surface area (Å²) in [6.45, 7) is 1.78. The molecule has 0 amide bonds. The molecule has 3 fully saturated rings. The highest BCUT2D eigenvalue weighted by atomic mass is 16.7. The smallest absolute Gasteiger partial charge is 0.171 e. The van der Waals surface area contributed by atoms with E-state index in [4.69, 9.17) is 9.47 Å². The van der Waals surface area contributed by atoms with E-state index in [-0.39, 0.29) is 5.79 Å². The van der Waals surface area contributed by atoms with Crippen LogP contribution in [0.1, 0.15) is 19.3 Å². The normalized spacial score (nSPS) is 46.4. The van der Waals surface area contributed by atoms with Gasteiger partial charge in [0.15, 0.2) is 5.79 Å². The predicted octanol–water partition coefficient (Wildman–Crippen LogP) is 0.768. The second-order valence-electron chi connectivity index (χ2n) is 4.60. The van der Waals surface area contributed by atoms with Crippen molar-refractivity contribution in [2.75, 3.05) is 19.8 Å². The molecule has 0 radical (unpaired) electrons. The lowest BCUT2D eigenvalue weighted by Gasteiger charge is -2.35. The Morgan fingerprint density at radius 2 is 2.00 bits per heavy atom. The van der Waals surface area contributed by atoms with E-state index in [9.17, 15) is 5.11 Å². The Bertz CT molecular complexity index is 210. The average Bonchev–Trinajstić information content (AvgIpc) is 2.80. The molecule has 1 spiro atoms. The molecular formula is C10H16O3. The van der Waals surface area contributed by atoms with E-state index in [1.807, 2.05) is 0 Å². The van der Waals surface area contributed by atoms with E-state index in [1.165, 1.54) is 12.8 Å². The van der Waals surface area contributed by atoms with E-state index < -0.39 is 0 Å². The lowest BCUT2D eigenvalue weighted by atomic mass is 9.84. The summed E-state index contributed by atoms with van der Waals surface area (Å²) in [7, 11) is 0. The summed E-state index contributed by atoms with van der Waals surface area (Å²) in [5, 5.41) is 9.22. The van der Waals surface area contributed by atoms with Crippen LogP contribution >= 0.6 is 0 Å². The Labute approximate surface area is 78.0 Å². The number of hydrogen-bond acceptors (Lipinski definition) is 3. The number of hydrogen-bond donors (Lipinski definition) is 1. The molecule has 0 aromatic carbocycles. The van der Waals surface area contributed by atoms with Gasteiger partial charge in [0.2, 0.25) is 0 Å². The van der Waals surface area contributed by atoms with Gasteiger partial charge in [-0.05, 0) is 24.7 Å². The molecule has 2 saturated carbocycles. The maximum absolute atomic E-state index is 9.22. The molecule has 74 valence electrons. The summed E-state index contributed by atoms with van der Waals surface area (Å²) in [6.07, 6.45) is 3.44. The van der Waals surface area contributed by atoms with Gasteiger partial charge in [0.1, 0.15) is 0 Å². The van der Waals surface area contributed by atoms with Gasteiger partial charge in [0.05, 0.1) is 13.2 Å². The maximum atomic E-state index is 9.22. The van der Waals surface area contributed by atoms with Crippen LogP contribution in [0.2, 0.25) is 0 Å². The molecule has 2 bridgehead atoms. The summed E-state index contributed by atoms with van der Waals surface area (Å²) < 4.78 is 11.5. The quantitative estimate of drug-likeness (QED) is 0.654. The van der Waals surface area contributed by atoms with Crippen molar-refractivity contribution in [3.8, 4) is 0 Å². The van der Waals surface area contributed by atoms with E-state index in [0.717, 1.165) is 25.6 Å². The molecule has 1 saturated heterocycles. The molecule has 3 rings (SSSR count). The predicted molar refractivity (Wildman–Crippen MR) is 46.0 cm³/mol. The van der Waals surface area contributed by atoms with E-state index >= 15 is 0 Å². The molecular weight excluding hydrogens is 168 g/mol. The highest BCUT2D eigenvalue weighted by Gasteiger charge is 2.58. The van der Waals surface area contributed by atoms with Gasteiger partial charge in [-0.25, -0.2) is 0 Å². The third-order valence-corrected chi connectivity index (χ3v) is 3.94. The van der Waals surface area contributed by atoms with Gasteiger partial charge in [-0.2, -0.15) is 0 Å². The second-order valence-corrected chi connectivity index (χ2v) is 4.60. The van der Waals surface area contributed by atoms with Crippen molar-refractivity contribution in [2.45, 2.75) is 25.0 Å². The van der Waals surface area contributed by atoms with Gasteiger partial charge in [-0.3, -0.25) is 0 Å². The van der Waals surface area contributed by atoms with Gasteiger partial charge in [-0.1, -0.05) is 0 Å². The first-order chi connectivity index (χ1) is 6.34. The largest absolute Gasteiger partial charge is 0.396 e. The molecule has 3 nitrogen and oxygen atoms in total. The molecule has 0 aromatic rings. The van der Waals surface area contributed by atoms with Crippen LogP contribution < -0.4 is 0 Å². The van der Waals surface area contributed by atoms with Crippen molar-refractivity contribution in [1.29, 1.82) is 0 Å². The standard InChI is InChI=1S/C10H16O3/c11-6-8-3-7-4-9(8)10(5-7)12-1-2-13-10/h7-9,11H,1-6H2. The minimum absolute atomic E-state index is 0.281. The maximum Gasteiger partial charge on any atom is 0.171 e. The zero-order valence-electron chi connectivity index (χ0n) is 7.74. The monoisotopic (exact) mass is 184 g/mol. The third-order valence-electron chi connectivity index (χ3n) is 3.94. The number of rotatable bonds is 1. The fourth-order valence-electron chi connectivity index (χ4n) is 3.50. The average molecular weight is 184 g/mol.